The first kappa shape index (κ1) is 7.74. The molecule has 4 nitrogen and oxygen atoms in total. The maximum absolute atomic E-state index is 8.47. The molecule has 0 aliphatic heterocycles. The molecule has 0 saturated heterocycles. The predicted octanol–water partition coefficient (Wildman–Crippen LogP) is 1.33. The van der Waals surface area contributed by atoms with Gasteiger partial charge in [0.1, 0.15) is 5.82 Å². The van der Waals surface area contributed by atoms with Gasteiger partial charge in [-0.05, 0) is 19.1 Å². The van der Waals surface area contributed by atoms with Crippen LogP contribution in [-0.2, 0) is 6.42 Å². The topological polar surface area (TPSA) is 65.4 Å². The van der Waals surface area contributed by atoms with E-state index in [1.807, 2.05) is 25.1 Å². The van der Waals surface area contributed by atoms with Crippen LogP contribution in [0.2, 0.25) is 0 Å². The molecule has 0 amide bonds. The molecule has 0 saturated carbocycles. The van der Waals surface area contributed by atoms with Gasteiger partial charge in [0.2, 0.25) is 0 Å². The highest BCUT2D eigenvalue weighted by atomic mass is 15.0. The molecule has 2 aromatic rings. The molecule has 0 unspecified atom stereocenters. The Morgan fingerprint density at radius 1 is 1.46 bits per heavy atom. The van der Waals surface area contributed by atoms with Crippen molar-refractivity contribution in [2.45, 2.75) is 13.3 Å². The third-order valence-electron chi connectivity index (χ3n) is 1.78. The first-order valence-electron chi connectivity index (χ1n) is 3.99. The lowest BCUT2D eigenvalue weighted by Gasteiger charge is -1.88. The van der Waals surface area contributed by atoms with Crippen molar-refractivity contribution in [3.63, 3.8) is 0 Å². The molecule has 1 N–H and O–H groups in total. The number of nitrogens with zero attached hydrogens (tertiary/aromatic N) is 3. The number of aromatic amines is 1. The summed E-state index contributed by atoms with van der Waals surface area (Å²) in [5.41, 5.74) is 2.50. The van der Waals surface area contributed by atoms with Crippen LogP contribution < -0.4 is 0 Å². The Bertz CT molecular complexity index is 478. The van der Waals surface area contributed by atoms with E-state index in [0.29, 0.717) is 17.9 Å². The molecule has 2 heterocycles. The molecule has 0 fully saturated rings. The van der Waals surface area contributed by atoms with Gasteiger partial charge in [-0.1, -0.05) is 0 Å². The normalized spacial score (nSPS) is 10.2. The lowest BCUT2D eigenvalue weighted by atomic mass is 10.3. The summed E-state index contributed by atoms with van der Waals surface area (Å²) >= 11 is 0. The molecule has 2 rings (SSSR count). The van der Waals surface area contributed by atoms with Crippen molar-refractivity contribution in [2.24, 2.45) is 0 Å². The minimum Gasteiger partial charge on any atom is -0.340 e. The summed E-state index contributed by atoms with van der Waals surface area (Å²) in [6.07, 6.45) is 0.301. The maximum atomic E-state index is 8.47. The van der Waals surface area contributed by atoms with Crippen LogP contribution in [0.4, 0.5) is 0 Å². The second-order valence-corrected chi connectivity index (χ2v) is 2.84. The molecule has 0 radical (unpaired) electrons. The van der Waals surface area contributed by atoms with Gasteiger partial charge in [0.25, 0.3) is 0 Å². The average molecular weight is 172 g/mol. The number of imidazole rings is 1. The first-order chi connectivity index (χ1) is 6.29. The summed E-state index contributed by atoms with van der Waals surface area (Å²) in [7, 11) is 0. The summed E-state index contributed by atoms with van der Waals surface area (Å²) in [5.74, 6) is 0.676. The second kappa shape index (κ2) is 2.87. The number of hydrogen-bond acceptors (Lipinski definition) is 3. The summed E-state index contributed by atoms with van der Waals surface area (Å²) < 4.78 is 0. The van der Waals surface area contributed by atoms with Gasteiger partial charge in [-0.25, -0.2) is 9.97 Å². The fourth-order valence-electron chi connectivity index (χ4n) is 1.20. The van der Waals surface area contributed by atoms with E-state index in [2.05, 4.69) is 15.0 Å². The van der Waals surface area contributed by atoms with E-state index in [9.17, 15) is 0 Å². The Morgan fingerprint density at radius 2 is 2.31 bits per heavy atom. The zero-order valence-electron chi connectivity index (χ0n) is 7.20. The van der Waals surface area contributed by atoms with E-state index in [-0.39, 0.29) is 0 Å². The third kappa shape index (κ3) is 1.36. The first-order valence-corrected chi connectivity index (χ1v) is 3.99. The molecular weight excluding hydrogens is 164 g/mol. The molecular formula is C9H8N4. The Hall–Kier alpha value is -1.89. The molecule has 0 aromatic carbocycles. The van der Waals surface area contributed by atoms with Gasteiger partial charge in [-0.3, -0.25) is 0 Å². The predicted molar refractivity (Wildman–Crippen MR) is 47.9 cm³/mol. The quantitative estimate of drug-likeness (QED) is 0.705. The molecule has 4 heteroatoms. The minimum absolute atomic E-state index is 0.301. The van der Waals surface area contributed by atoms with Crippen LogP contribution in [0.15, 0.2) is 12.1 Å². The van der Waals surface area contributed by atoms with Crippen LogP contribution in [0.5, 0.6) is 0 Å². The van der Waals surface area contributed by atoms with E-state index >= 15 is 0 Å². The van der Waals surface area contributed by atoms with E-state index in [4.69, 9.17) is 5.26 Å². The van der Waals surface area contributed by atoms with E-state index in [1.165, 1.54) is 0 Å². The number of fused-ring (bicyclic) bond motifs is 1. The summed E-state index contributed by atoms with van der Waals surface area (Å²) in [5, 5.41) is 8.47. The monoisotopic (exact) mass is 172 g/mol. The largest absolute Gasteiger partial charge is 0.340 e. The van der Waals surface area contributed by atoms with Crippen LogP contribution in [0.1, 0.15) is 11.5 Å². The second-order valence-electron chi connectivity index (χ2n) is 2.84. The molecule has 0 bridgehead atoms. The Morgan fingerprint density at radius 3 is 3.08 bits per heavy atom. The van der Waals surface area contributed by atoms with Crippen molar-refractivity contribution in [3.05, 3.63) is 23.7 Å². The highest BCUT2D eigenvalue weighted by molar-refractivity contribution is 5.70. The van der Waals surface area contributed by atoms with Gasteiger partial charge >= 0.3 is 0 Å². The number of nitrogens with one attached hydrogen (secondary N) is 1. The highest BCUT2D eigenvalue weighted by Crippen LogP contribution is 2.09. The number of H-pyrrole nitrogens is 1. The molecule has 64 valence electrons. The van der Waals surface area contributed by atoms with Gasteiger partial charge in [0, 0.05) is 5.69 Å². The smallest absolute Gasteiger partial charge is 0.177 e. The number of nitriles is 1. The van der Waals surface area contributed by atoms with Gasteiger partial charge in [0.15, 0.2) is 5.65 Å². The average Bonchev–Trinajstić information content (AvgIpc) is 2.46. The van der Waals surface area contributed by atoms with Crippen molar-refractivity contribution >= 4 is 11.2 Å². The van der Waals surface area contributed by atoms with E-state index in [1.54, 1.807) is 0 Å². The van der Waals surface area contributed by atoms with E-state index in [0.717, 1.165) is 11.2 Å². The zero-order chi connectivity index (χ0) is 9.26. The molecule has 0 aliphatic carbocycles. The highest BCUT2D eigenvalue weighted by Gasteiger charge is 2.02. The van der Waals surface area contributed by atoms with Crippen LogP contribution in [0, 0.1) is 18.3 Å². The van der Waals surface area contributed by atoms with E-state index < -0.39 is 0 Å². The summed E-state index contributed by atoms with van der Waals surface area (Å²) in [6.45, 7) is 1.91. The number of aryl methyl sites for hydroxylation is 1. The Balaban J connectivity index is 2.57. The lowest BCUT2D eigenvalue weighted by molar-refractivity contribution is 1.07. The van der Waals surface area contributed by atoms with Crippen LogP contribution in [0.25, 0.3) is 11.2 Å². The van der Waals surface area contributed by atoms with Crippen LogP contribution in [-0.4, -0.2) is 15.0 Å². The number of hydrogen-bond donors (Lipinski definition) is 1. The van der Waals surface area contributed by atoms with Gasteiger partial charge < -0.3 is 4.98 Å². The third-order valence-corrected chi connectivity index (χ3v) is 1.78. The van der Waals surface area contributed by atoms with Crippen LogP contribution >= 0.6 is 0 Å². The SMILES string of the molecule is Cc1ccc2[nH]c(CC#N)nc2n1. The fraction of sp³-hybridized carbons (Fsp3) is 0.222. The lowest BCUT2D eigenvalue weighted by Crippen LogP contribution is -1.83. The van der Waals surface area contributed by atoms with Gasteiger partial charge in [-0.15, -0.1) is 0 Å². The number of pyridine rings is 1. The molecule has 2 aromatic heterocycles. The standard InChI is InChI=1S/C9H8N4/c1-6-2-3-7-9(11-6)13-8(12-7)4-5-10/h2-3H,4H2,1H3,(H,11,12,13). The van der Waals surface area contributed by atoms with Crippen molar-refractivity contribution in [3.8, 4) is 6.07 Å². The fourth-order valence-corrected chi connectivity index (χ4v) is 1.20. The van der Waals surface area contributed by atoms with Gasteiger partial charge in [-0.2, -0.15) is 5.26 Å². The molecule has 13 heavy (non-hydrogen) atoms. The van der Waals surface area contributed by atoms with Crippen molar-refractivity contribution in [1.82, 2.24) is 15.0 Å². The van der Waals surface area contributed by atoms with Gasteiger partial charge in [0.05, 0.1) is 18.0 Å². The Kier molecular flexibility index (Phi) is 1.71. The maximum Gasteiger partial charge on any atom is 0.177 e. The van der Waals surface area contributed by atoms with Crippen molar-refractivity contribution in [1.29, 1.82) is 5.26 Å². The zero-order valence-corrected chi connectivity index (χ0v) is 7.20. The number of aromatic nitrogens is 3. The minimum atomic E-state index is 0.301. The van der Waals surface area contributed by atoms with Crippen molar-refractivity contribution in [2.75, 3.05) is 0 Å². The van der Waals surface area contributed by atoms with Crippen LogP contribution in [0.3, 0.4) is 0 Å². The van der Waals surface area contributed by atoms with Crippen molar-refractivity contribution < 1.29 is 0 Å². The summed E-state index contributed by atoms with van der Waals surface area (Å²) in [6, 6.07) is 5.87. The summed E-state index contributed by atoms with van der Waals surface area (Å²) in [4.78, 5) is 11.4. The number of rotatable bonds is 1. The Labute approximate surface area is 75.2 Å². The molecule has 0 atom stereocenters. The molecule has 0 spiro atoms. The molecule has 0 aliphatic rings.